The lowest BCUT2D eigenvalue weighted by Crippen LogP contribution is -2.02. The van der Waals surface area contributed by atoms with Crippen LogP contribution in [-0.2, 0) is 27.6 Å². The highest BCUT2D eigenvalue weighted by molar-refractivity contribution is 7.85. The average Bonchev–Trinajstić information content (AvgIpc) is 2.84. The molecule has 0 saturated carbocycles. The van der Waals surface area contributed by atoms with Crippen LogP contribution in [0.15, 0.2) is 61.2 Å². The van der Waals surface area contributed by atoms with Crippen LogP contribution in [0.3, 0.4) is 0 Å². The van der Waals surface area contributed by atoms with Gasteiger partial charge in [0.25, 0.3) is 10.1 Å². The van der Waals surface area contributed by atoms with Gasteiger partial charge in [0.05, 0.1) is 12.9 Å². The minimum Gasteiger partial charge on any atom is -0.265 e. The van der Waals surface area contributed by atoms with Crippen LogP contribution < -0.4 is 0 Å². The Morgan fingerprint density at radius 1 is 0.719 bits per heavy atom. The highest BCUT2D eigenvalue weighted by Crippen LogP contribution is 2.15. The third-order valence-corrected chi connectivity index (χ3v) is 4.38. The summed E-state index contributed by atoms with van der Waals surface area (Å²) in [6.45, 7) is -0.461. The third-order valence-electron chi connectivity index (χ3n) is 3.83. The van der Waals surface area contributed by atoms with Crippen molar-refractivity contribution < 1.29 is 17.0 Å². The van der Waals surface area contributed by atoms with Crippen LogP contribution in [0.5, 0.6) is 0 Å². The zero-order valence-corrected chi connectivity index (χ0v) is 17.6. The molecule has 2 heterocycles. The summed E-state index contributed by atoms with van der Waals surface area (Å²) in [6, 6.07) is 13.8. The first-order chi connectivity index (χ1) is 15.4. The predicted molar refractivity (Wildman–Crippen MR) is 111 cm³/mol. The van der Waals surface area contributed by atoms with Gasteiger partial charge in [-0.05, 0) is 11.1 Å². The van der Waals surface area contributed by atoms with E-state index in [9.17, 15) is 12.8 Å². The molecule has 32 heavy (non-hydrogen) atoms. The Balaban J connectivity index is 0.000000186. The van der Waals surface area contributed by atoms with Gasteiger partial charge in [0.2, 0.25) is 11.6 Å². The minimum absolute atomic E-state index is 0.00522. The number of halogens is 1. The molecule has 0 N–H and O–H groups in total. The molecule has 0 atom stereocenters. The quantitative estimate of drug-likeness (QED) is 0.392. The highest BCUT2D eigenvalue weighted by Gasteiger charge is 2.05. The van der Waals surface area contributed by atoms with Crippen molar-refractivity contribution in [1.82, 2.24) is 40.8 Å². The van der Waals surface area contributed by atoms with Gasteiger partial charge in [0.1, 0.15) is 6.67 Å². The Morgan fingerprint density at radius 3 is 1.50 bits per heavy atom. The van der Waals surface area contributed by atoms with Gasteiger partial charge in [-0.1, -0.05) is 48.5 Å². The van der Waals surface area contributed by atoms with E-state index in [-0.39, 0.29) is 6.61 Å². The lowest BCUT2D eigenvalue weighted by molar-refractivity contribution is 0.311. The lowest BCUT2D eigenvalue weighted by atomic mass is 10.1. The van der Waals surface area contributed by atoms with E-state index >= 15 is 0 Å². The van der Waals surface area contributed by atoms with Crippen molar-refractivity contribution in [2.45, 2.75) is 13.3 Å². The molecule has 0 amide bonds. The molecule has 0 aliphatic rings. The smallest absolute Gasteiger partial charge is 0.264 e. The van der Waals surface area contributed by atoms with Crippen LogP contribution in [0.1, 0.15) is 11.1 Å². The van der Waals surface area contributed by atoms with Crippen LogP contribution in [-0.4, -0.2) is 55.5 Å². The standard InChI is InChI=1S/C10H10N4O3S.C9H7FN4/c1-18(15,16)17-6-8-2-4-9(5-3-8)10-13-11-7-12-14-10;10-5-7-1-3-8(4-2-7)9-13-11-6-12-14-9/h2-5,7H,6H2,1H3;1-4,6H,5H2/i;10-1. The Morgan fingerprint density at radius 2 is 1.12 bits per heavy atom. The largest absolute Gasteiger partial charge is 0.265 e. The molecule has 0 fully saturated rings. The molecule has 2 aromatic heterocycles. The SMILES string of the molecule is CS(=O)(=O)OCc1ccc(-c2nncnn2)cc1.[18F]Cc1ccc(-c2nncnn2)cc1. The van der Waals surface area contributed by atoms with Gasteiger partial charge in [0, 0.05) is 11.1 Å². The summed E-state index contributed by atoms with van der Waals surface area (Å²) in [5.74, 6) is 0.853. The molecule has 164 valence electrons. The Labute approximate surface area is 182 Å². The molecule has 0 unspecified atom stereocenters. The maximum atomic E-state index is 12.2. The minimum atomic E-state index is -3.43. The molecule has 0 radical (unpaired) electrons. The molecule has 0 spiro atoms. The summed E-state index contributed by atoms with van der Waals surface area (Å²) in [5, 5.41) is 29.7. The first-order valence-electron chi connectivity index (χ1n) is 9.04. The van der Waals surface area contributed by atoms with Crippen LogP contribution in [0.4, 0.5) is 4.39 Å². The summed E-state index contributed by atoms with van der Waals surface area (Å²) in [5.41, 5.74) is 2.90. The maximum Gasteiger partial charge on any atom is 0.264 e. The van der Waals surface area contributed by atoms with E-state index in [1.54, 1.807) is 48.5 Å². The molecule has 11 nitrogen and oxygen atoms in total. The summed E-state index contributed by atoms with van der Waals surface area (Å²) >= 11 is 0. The summed E-state index contributed by atoms with van der Waals surface area (Å²) in [6.07, 6.45) is 3.52. The number of nitrogens with zero attached hydrogens (tertiary/aromatic N) is 8. The van der Waals surface area contributed by atoms with Gasteiger partial charge in [-0.25, -0.2) is 4.39 Å². The van der Waals surface area contributed by atoms with Crippen molar-refractivity contribution in [3.05, 3.63) is 72.3 Å². The Bertz CT molecular complexity index is 1210. The Hall–Kier alpha value is -3.84. The zero-order chi connectivity index (χ0) is 22.8. The first kappa shape index (κ1) is 22.8. The fraction of sp³-hybridized carbons (Fsp3) is 0.158. The van der Waals surface area contributed by atoms with Crippen LogP contribution in [0.2, 0.25) is 0 Å². The topological polar surface area (TPSA) is 146 Å². The van der Waals surface area contributed by atoms with E-state index in [0.29, 0.717) is 17.2 Å². The van der Waals surface area contributed by atoms with Crippen LogP contribution in [0, 0.1) is 0 Å². The number of hydrogen-bond donors (Lipinski definition) is 0. The molecule has 0 aliphatic heterocycles. The summed E-state index contributed by atoms with van der Waals surface area (Å²) in [4.78, 5) is 0. The molecule has 13 heteroatoms. The van der Waals surface area contributed by atoms with Crippen LogP contribution in [0.25, 0.3) is 22.8 Å². The van der Waals surface area contributed by atoms with Gasteiger partial charge in [-0.15, -0.1) is 40.8 Å². The normalized spacial score (nSPS) is 10.8. The zero-order valence-electron chi connectivity index (χ0n) is 16.8. The second-order valence-corrected chi connectivity index (χ2v) is 7.88. The van der Waals surface area contributed by atoms with Crippen molar-refractivity contribution >= 4 is 10.1 Å². The van der Waals surface area contributed by atoms with E-state index in [4.69, 9.17) is 0 Å². The van der Waals surface area contributed by atoms with E-state index in [1.165, 1.54) is 12.7 Å². The second-order valence-electron chi connectivity index (χ2n) is 6.23. The number of hydrogen-bond acceptors (Lipinski definition) is 11. The van der Waals surface area contributed by atoms with E-state index in [2.05, 4.69) is 45.0 Å². The fourth-order valence-electron chi connectivity index (χ4n) is 2.31. The third kappa shape index (κ3) is 7.14. The van der Waals surface area contributed by atoms with Crippen LogP contribution >= 0.6 is 0 Å². The first-order valence-corrected chi connectivity index (χ1v) is 10.9. The van der Waals surface area contributed by atoms with E-state index in [1.807, 2.05) is 0 Å². The van der Waals surface area contributed by atoms with Crippen molar-refractivity contribution in [3.8, 4) is 22.8 Å². The molecular formula is C19H17FN8O3S. The molecule has 4 rings (SSSR count). The molecular weight excluding hydrogens is 438 g/mol. The number of benzene rings is 2. The van der Waals surface area contributed by atoms with Gasteiger partial charge in [-0.2, -0.15) is 8.42 Å². The highest BCUT2D eigenvalue weighted by atomic mass is 32.2. The average molecular weight is 455 g/mol. The van der Waals surface area contributed by atoms with E-state index in [0.717, 1.165) is 22.9 Å². The van der Waals surface area contributed by atoms with Crippen molar-refractivity contribution in [2.24, 2.45) is 0 Å². The summed E-state index contributed by atoms with van der Waals surface area (Å²) in [7, 11) is -3.43. The Kier molecular flexibility index (Phi) is 7.83. The molecule has 4 aromatic rings. The van der Waals surface area contributed by atoms with Gasteiger partial charge >= 0.3 is 0 Å². The lowest BCUT2D eigenvalue weighted by Gasteiger charge is -2.02. The second kappa shape index (κ2) is 11.0. The predicted octanol–water partition coefficient (Wildman–Crippen LogP) is 1.81. The number of aromatic nitrogens is 8. The van der Waals surface area contributed by atoms with E-state index < -0.39 is 16.8 Å². The maximum absolute atomic E-state index is 12.2. The molecule has 2 aromatic carbocycles. The van der Waals surface area contributed by atoms with Crippen molar-refractivity contribution in [3.63, 3.8) is 0 Å². The summed E-state index contributed by atoms with van der Waals surface area (Å²) < 4.78 is 38.5. The molecule has 0 saturated heterocycles. The number of rotatable bonds is 6. The molecule has 0 aliphatic carbocycles. The fourth-order valence-corrected chi connectivity index (χ4v) is 2.66. The van der Waals surface area contributed by atoms with Crippen molar-refractivity contribution in [2.75, 3.05) is 6.26 Å². The van der Waals surface area contributed by atoms with Gasteiger partial charge < -0.3 is 0 Å². The molecule has 0 bridgehead atoms. The monoisotopic (exact) mass is 455 g/mol. The number of alkyl halides is 1. The van der Waals surface area contributed by atoms with Gasteiger partial charge in [-0.3, -0.25) is 4.18 Å². The van der Waals surface area contributed by atoms with Gasteiger partial charge in [0.15, 0.2) is 12.7 Å². The van der Waals surface area contributed by atoms with Crippen molar-refractivity contribution in [1.29, 1.82) is 0 Å².